The minimum Gasteiger partial charge on any atom is -0.385 e. The van der Waals surface area contributed by atoms with Crippen LogP contribution in [0, 0.1) is 0 Å². The van der Waals surface area contributed by atoms with E-state index >= 15 is 0 Å². The first kappa shape index (κ1) is 16.8. The molecule has 0 aromatic heterocycles. The van der Waals surface area contributed by atoms with Crippen LogP contribution < -0.4 is 4.72 Å². The molecule has 20 heavy (non-hydrogen) atoms. The second-order valence-electron chi connectivity index (χ2n) is 4.44. The molecule has 0 radical (unpaired) electrons. The van der Waals surface area contributed by atoms with Crippen molar-refractivity contribution in [3.05, 3.63) is 29.8 Å². The fraction of sp³-hybridized carbons (Fsp3) is 0.500. The average molecular weight is 299 g/mol. The number of benzene rings is 1. The van der Waals surface area contributed by atoms with Crippen molar-refractivity contribution in [3.8, 4) is 0 Å². The zero-order valence-corrected chi connectivity index (χ0v) is 12.7. The molecule has 112 valence electrons. The summed E-state index contributed by atoms with van der Waals surface area (Å²) < 4.78 is 31.3. The Morgan fingerprint density at radius 2 is 1.90 bits per heavy atom. The summed E-state index contributed by atoms with van der Waals surface area (Å²) >= 11 is 0. The molecule has 1 aromatic rings. The molecule has 0 heterocycles. The van der Waals surface area contributed by atoms with Crippen molar-refractivity contribution in [1.82, 2.24) is 4.72 Å². The second kappa shape index (κ2) is 8.14. The molecule has 0 aliphatic heterocycles. The Hall–Kier alpha value is -1.24. The normalized spacial score (nSPS) is 11.5. The Kier molecular flexibility index (Phi) is 6.84. The van der Waals surface area contributed by atoms with Gasteiger partial charge in [0.05, 0.1) is 4.90 Å². The molecule has 0 unspecified atom stereocenters. The van der Waals surface area contributed by atoms with E-state index in [0.29, 0.717) is 31.6 Å². The Balaban J connectivity index is 2.69. The highest BCUT2D eigenvalue weighted by Gasteiger charge is 2.14. The van der Waals surface area contributed by atoms with Crippen molar-refractivity contribution in [1.29, 1.82) is 0 Å². The second-order valence-corrected chi connectivity index (χ2v) is 6.21. The summed E-state index contributed by atoms with van der Waals surface area (Å²) in [6, 6.07) is 6.03. The number of ketones is 1. The van der Waals surface area contributed by atoms with Crippen molar-refractivity contribution in [2.75, 3.05) is 20.3 Å². The lowest BCUT2D eigenvalue weighted by Crippen LogP contribution is -2.25. The van der Waals surface area contributed by atoms with Crippen molar-refractivity contribution in [2.45, 2.75) is 31.1 Å². The van der Waals surface area contributed by atoms with Gasteiger partial charge in [0.2, 0.25) is 10.0 Å². The van der Waals surface area contributed by atoms with Crippen LogP contribution in [-0.4, -0.2) is 34.5 Å². The van der Waals surface area contributed by atoms with Crippen LogP contribution in [-0.2, 0) is 14.8 Å². The summed E-state index contributed by atoms with van der Waals surface area (Å²) in [6.45, 7) is 2.76. The predicted molar refractivity (Wildman–Crippen MR) is 77.4 cm³/mol. The van der Waals surface area contributed by atoms with Gasteiger partial charge in [-0.15, -0.1) is 0 Å². The van der Waals surface area contributed by atoms with Crippen LogP contribution >= 0.6 is 0 Å². The van der Waals surface area contributed by atoms with E-state index in [-0.39, 0.29) is 10.7 Å². The van der Waals surface area contributed by atoms with Crippen molar-refractivity contribution < 1.29 is 17.9 Å². The van der Waals surface area contributed by atoms with Crippen LogP contribution in [0.1, 0.15) is 36.5 Å². The highest BCUT2D eigenvalue weighted by atomic mass is 32.2. The molecule has 1 aromatic carbocycles. The Bertz CT molecular complexity index is 523. The Morgan fingerprint density at radius 3 is 2.45 bits per heavy atom. The number of hydrogen-bond donors (Lipinski definition) is 1. The summed E-state index contributed by atoms with van der Waals surface area (Å²) in [6.07, 6.45) is 1.87. The van der Waals surface area contributed by atoms with Crippen LogP contribution in [0.25, 0.3) is 0 Å². The van der Waals surface area contributed by atoms with E-state index < -0.39 is 10.0 Å². The highest BCUT2D eigenvalue weighted by Crippen LogP contribution is 2.12. The zero-order valence-electron chi connectivity index (χ0n) is 11.9. The largest absolute Gasteiger partial charge is 0.385 e. The number of ether oxygens (including phenoxy) is 1. The smallest absolute Gasteiger partial charge is 0.240 e. The van der Waals surface area contributed by atoms with Crippen LogP contribution in [0.3, 0.4) is 0 Å². The first-order chi connectivity index (χ1) is 9.51. The lowest BCUT2D eigenvalue weighted by molar-refractivity contribution is 0.0981. The third-order valence-electron chi connectivity index (χ3n) is 2.78. The molecule has 1 N–H and O–H groups in total. The maximum absolute atomic E-state index is 12.0. The first-order valence-corrected chi connectivity index (χ1v) is 8.11. The minimum absolute atomic E-state index is 0.0319. The van der Waals surface area contributed by atoms with Gasteiger partial charge in [-0.3, -0.25) is 4.79 Å². The molecule has 0 bridgehead atoms. The SMILES string of the molecule is CCCC(=O)c1ccc(S(=O)(=O)NCCCOC)cc1. The molecule has 0 saturated carbocycles. The molecule has 6 heteroatoms. The first-order valence-electron chi connectivity index (χ1n) is 6.63. The van der Waals surface area contributed by atoms with Gasteiger partial charge in [-0.1, -0.05) is 19.1 Å². The molecule has 1 rings (SSSR count). The van der Waals surface area contributed by atoms with Gasteiger partial charge in [0, 0.05) is 32.2 Å². The number of Topliss-reactive ketones (excluding diaryl/α,β-unsaturated/α-hetero) is 1. The number of rotatable bonds is 9. The topological polar surface area (TPSA) is 72.5 Å². The third-order valence-corrected chi connectivity index (χ3v) is 4.26. The van der Waals surface area contributed by atoms with Gasteiger partial charge in [0.15, 0.2) is 5.78 Å². The van der Waals surface area contributed by atoms with E-state index in [1.807, 2.05) is 6.92 Å². The maximum atomic E-state index is 12.0. The number of methoxy groups -OCH3 is 1. The van der Waals surface area contributed by atoms with Gasteiger partial charge in [-0.2, -0.15) is 0 Å². The van der Waals surface area contributed by atoms with Crippen molar-refractivity contribution in [3.63, 3.8) is 0 Å². The fourth-order valence-corrected chi connectivity index (χ4v) is 2.77. The standard InChI is InChI=1S/C14H21NO4S/c1-3-5-14(16)12-6-8-13(9-7-12)20(17,18)15-10-4-11-19-2/h6-9,15H,3-5,10-11H2,1-2H3. The average Bonchev–Trinajstić information content (AvgIpc) is 2.44. The molecule has 5 nitrogen and oxygen atoms in total. The Morgan fingerprint density at radius 1 is 1.25 bits per heavy atom. The fourth-order valence-electron chi connectivity index (χ4n) is 1.70. The number of sulfonamides is 1. The van der Waals surface area contributed by atoms with Crippen molar-refractivity contribution >= 4 is 15.8 Å². The van der Waals surface area contributed by atoms with E-state index in [9.17, 15) is 13.2 Å². The lowest BCUT2D eigenvalue weighted by Gasteiger charge is -2.07. The molecule has 0 aliphatic rings. The van der Waals surface area contributed by atoms with Gasteiger partial charge < -0.3 is 4.74 Å². The molecule has 0 amide bonds. The lowest BCUT2D eigenvalue weighted by atomic mass is 10.1. The van der Waals surface area contributed by atoms with Gasteiger partial charge in [-0.05, 0) is 25.0 Å². The molecule has 0 fully saturated rings. The summed E-state index contributed by atoms with van der Waals surface area (Å²) in [5.41, 5.74) is 0.546. The Labute approximate surface area is 120 Å². The summed E-state index contributed by atoms with van der Waals surface area (Å²) in [4.78, 5) is 11.8. The van der Waals surface area contributed by atoms with E-state index in [1.165, 1.54) is 12.1 Å². The predicted octanol–water partition coefficient (Wildman–Crippen LogP) is 1.98. The van der Waals surface area contributed by atoms with Gasteiger partial charge in [0.1, 0.15) is 0 Å². The summed E-state index contributed by atoms with van der Waals surface area (Å²) in [7, 11) is -1.94. The zero-order chi connectivity index (χ0) is 15.0. The van der Waals surface area contributed by atoms with E-state index in [0.717, 1.165) is 6.42 Å². The number of hydrogen-bond acceptors (Lipinski definition) is 4. The van der Waals surface area contributed by atoms with Crippen LogP contribution in [0.15, 0.2) is 29.2 Å². The molecule has 0 atom stereocenters. The summed E-state index contributed by atoms with van der Waals surface area (Å²) in [5, 5.41) is 0. The molecule has 0 saturated heterocycles. The summed E-state index contributed by atoms with van der Waals surface area (Å²) in [5.74, 6) is 0.0319. The highest BCUT2D eigenvalue weighted by molar-refractivity contribution is 7.89. The monoisotopic (exact) mass is 299 g/mol. The molecular formula is C14H21NO4S. The molecular weight excluding hydrogens is 278 g/mol. The van der Waals surface area contributed by atoms with Crippen LogP contribution in [0.5, 0.6) is 0 Å². The van der Waals surface area contributed by atoms with E-state index in [2.05, 4.69) is 4.72 Å². The van der Waals surface area contributed by atoms with Gasteiger partial charge in [0.25, 0.3) is 0 Å². The van der Waals surface area contributed by atoms with Gasteiger partial charge >= 0.3 is 0 Å². The van der Waals surface area contributed by atoms with E-state index in [4.69, 9.17) is 4.74 Å². The van der Waals surface area contributed by atoms with Crippen LogP contribution in [0.4, 0.5) is 0 Å². The minimum atomic E-state index is -3.51. The van der Waals surface area contributed by atoms with Crippen molar-refractivity contribution in [2.24, 2.45) is 0 Å². The van der Waals surface area contributed by atoms with Crippen LogP contribution in [0.2, 0.25) is 0 Å². The number of carbonyl (C=O) groups excluding carboxylic acids is 1. The number of carbonyl (C=O) groups is 1. The van der Waals surface area contributed by atoms with E-state index in [1.54, 1.807) is 19.2 Å². The molecule has 0 aliphatic carbocycles. The molecule has 0 spiro atoms. The maximum Gasteiger partial charge on any atom is 0.240 e. The third kappa shape index (κ3) is 5.03. The van der Waals surface area contributed by atoms with Gasteiger partial charge in [-0.25, -0.2) is 13.1 Å². The quantitative estimate of drug-likeness (QED) is 0.559. The number of nitrogens with one attached hydrogen (secondary N) is 1.